The van der Waals surface area contributed by atoms with E-state index in [4.69, 9.17) is 0 Å². The van der Waals surface area contributed by atoms with Gasteiger partial charge in [-0.25, -0.2) is 0 Å². The molecule has 0 radical (unpaired) electrons. The van der Waals surface area contributed by atoms with Gasteiger partial charge >= 0.3 is 0 Å². The topological polar surface area (TPSA) is 24.9 Å². The van der Waals surface area contributed by atoms with Gasteiger partial charge in [-0.1, -0.05) is 31.2 Å². The lowest BCUT2D eigenvalue weighted by Gasteiger charge is -2.17. The van der Waals surface area contributed by atoms with Crippen LogP contribution in [0, 0.1) is 0 Å². The minimum atomic E-state index is 0.463. The first-order chi connectivity index (χ1) is 9.38. The summed E-state index contributed by atoms with van der Waals surface area (Å²) in [4.78, 5) is 5.73. The number of nitrogens with one attached hydrogen (secondary N) is 1. The fraction of sp³-hybridized carbons (Fsp3) is 0.312. The molecule has 1 heterocycles. The lowest BCUT2D eigenvalue weighted by Crippen LogP contribution is -2.33. The second kappa shape index (κ2) is 7.97. The molecule has 0 saturated heterocycles. The fourth-order valence-corrected chi connectivity index (χ4v) is 2.94. The van der Waals surface area contributed by atoms with Crippen molar-refractivity contribution in [2.24, 2.45) is 0 Å². The lowest BCUT2D eigenvalue weighted by molar-refractivity contribution is 0.566. The standard InChI is InChI=1S/C16H20N2S/c1-2-17-15(12-14-8-6-7-11-18-14)13-19-16-9-4-3-5-10-16/h3-11,15,17H,2,12-13H2,1H3. The number of nitrogens with zero attached hydrogens (tertiary/aromatic N) is 1. The Kier molecular flexibility index (Phi) is 5.92. The first-order valence-electron chi connectivity index (χ1n) is 6.69. The third-order valence-electron chi connectivity index (χ3n) is 2.87. The fourth-order valence-electron chi connectivity index (χ4n) is 1.96. The molecule has 0 aliphatic heterocycles. The largest absolute Gasteiger partial charge is 0.313 e. The third kappa shape index (κ3) is 5.05. The van der Waals surface area contributed by atoms with Crippen molar-refractivity contribution in [2.45, 2.75) is 24.3 Å². The van der Waals surface area contributed by atoms with Crippen molar-refractivity contribution in [3.05, 3.63) is 60.4 Å². The second-order valence-corrected chi connectivity index (χ2v) is 5.50. The van der Waals surface area contributed by atoms with Gasteiger partial charge in [0.1, 0.15) is 0 Å². The maximum atomic E-state index is 4.41. The van der Waals surface area contributed by atoms with Crippen molar-refractivity contribution in [1.82, 2.24) is 10.3 Å². The highest BCUT2D eigenvalue weighted by Crippen LogP contribution is 2.18. The smallest absolute Gasteiger partial charge is 0.0419 e. The Balaban J connectivity index is 1.89. The molecule has 100 valence electrons. The molecule has 0 fully saturated rings. The van der Waals surface area contributed by atoms with Crippen molar-refractivity contribution in [1.29, 1.82) is 0 Å². The molecular weight excluding hydrogens is 252 g/mol. The molecule has 2 rings (SSSR count). The van der Waals surface area contributed by atoms with Crippen LogP contribution in [-0.2, 0) is 6.42 Å². The normalized spacial score (nSPS) is 12.3. The Hall–Kier alpha value is -1.32. The molecule has 19 heavy (non-hydrogen) atoms. The van der Waals surface area contributed by atoms with Crippen LogP contribution in [0.5, 0.6) is 0 Å². The minimum Gasteiger partial charge on any atom is -0.313 e. The Morgan fingerprint density at radius 3 is 2.58 bits per heavy atom. The molecule has 1 N–H and O–H groups in total. The van der Waals surface area contributed by atoms with Crippen molar-refractivity contribution in [3.8, 4) is 0 Å². The summed E-state index contributed by atoms with van der Waals surface area (Å²) < 4.78 is 0. The van der Waals surface area contributed by atoms with E-state index in [1.165, 1.54) is 4.90 Å². The highest BCUT2D eigenvalue weighted by molar-refractivity contribution is 7.99. The van der Waals surface area contributed by atoms with Crippen molar-refractivity contribution >= 4 is 11.8 Å². The summed E-state index contributed by atoms with van der Waals surface area (Å²) in [5, 5.41) is 3.54. The van der Waals surface area contributed by atoms with Crippen molar-refractivity contribution < 1.29 is 0 Å². The van der Waals surface area contributed by atoms with E-state index < -0.39 is 0 Å². The molecule has 3 heteroatoms. The maximum Gasteiger partial charge on any atom is 0.0419 e. The Morgan fingerprint density at radius 1 is 1.11 bits per heavy atom. The van der Waals surface area contributed by atoms with E-state index in [-0.39, 0.29) is 0 Å². The molecule has 1 aromatic heterocycles. The monoisotopic (exact) mass is 272 g/mol. The maximum absolute atomic E-state index is 4.41. The van der Waals surface area contributed by atoms with Gasteiger partial charge in [-0.3, -0.25) is 4.98 Å². The SMILES string of the molecule is CCNC(CSc1ccccc1)Cc1ccccn1. The molecule has 0 aliphatic rings. The predicted octanol–water partition coefficient (Wildman–Crippen LogP) is 3.39. The summed E-state index contributed by atoms with van der Waals surface area (Å²) in [7, 11) is 0. The molecule has 0 amide bonds. The Bertz CT molecular complexity index is 459. The molecule has 0 saturated carbocycles. The molecule has 2 aromatic rings. The van der Waals surface area contributed by atoms with Gasteiger partial charge in [0, 0.05) is 35.0 Å². The number of hydrogen-bond donors (Lipinski definition) is 1. The van der Waals surface area contributed by atoms with E-state index in [2.05, 4.69) is 59.7 Å². The molecule has 0 spiro atoms. The van der Waals surface area contributed by atoms with Gasteiger partial charge in [0.2, 0.25) is 0 Å². The predicted molar refractivity (Wildman–Crippen MR) is 82.6 cm³/mol. The Labute approximate surface area is 119 Å². The van der Waals surface area contributed by atoms with Gasteiger partial charge in [0.15, 0.2) is 0 Å². The zero-order valence-corrected chi connectivity index (χ0v) is 12.1. The average Bonchev–Trinajstić information content (AvgIpc) is 2.47. The van der Waals surface area contributed by atoms with Crippen molar-refractivity contribution in [3.63, 3.8) is 0 Å². The molecular formula is C16H20N2S. The molecule has 0 bridgehead atoms. The zero-order chi connectivity index (χ0) is 13.3. The number of pyridine rings is 1. The van der Waals surface area contributed by atoms with Crippen LogP contribution in [0.1, 0.15) is 12.6 Å². The van der Waals surface area contributed by atoms with Gasteiger partial charge in [-0.2, -0.15) is 0 Å². The van der Waals surface area contributed by atoms with Crippen LogP contribution in [-0.4, -0.2) is 23.3 Å². The summed E-state index contributed by atoms with van der Waals surface area (Å²) >= 11 is 1.90. The van der Waals surface area contributed by atoms with Crippen LogP contribution in [0.2, 0.25) is 0 Å². The van der Waals surface area contributed by atoms with E-state index in [9.17, 15) is 0 Å². The summed E-state index contributed by atoms with van der Waals surface area (Å²) in [5.74, 6) is 1.06. The zero-order valence-electron chi connectivity index (χ0n) is 11.3. The molecule has 1 atom stereocenters. The van der Waals surface area contributed by atoms with Crippen LogP contribution in [0.15, 0.2) is 59.6 Å². The van der Waals surface area contributed by atoms with Crippen LogP contribution in [0.25, 0.3) is 0 Å². The van der Waals surface area contributed by atoms with Crippen LogP contribution in [0.3, 0.4) is 0 Å². The number of aromatic nitrogens is 1. The van der Waals surface area contributed by atoms with Gasteiger partial charge < -0.3 is 5.32 Å². The third-order valence-corrected chi connectivity index (χ3v) is 4.04. The molecule has 2 nitrogen and oxygen atoms in total. The number of rotatable bonds is 7. The molecule has 1 unspecified atom stereocenters. The van der Waals surface area contributed by atoms with E-state index in [0.717, 1.165) is 24.4 Å². The quantitative estimate of drug-likeness (QED) is 0.782. The van der Waals surface area contributed by atoms with Gasteiger partial charge in [-0.05, 0) is 30.8 Å². The summed E-state index contributed by atoms with van der Waals surface area (Å²) in [6.07, 6.45) is 2.84. The first kappa shape index (κ1) is 14.1. The van der Waals surface area contributed by atoms with E-state index in [1.807, 2.05) is 24.0 Å². The highest BCUT2D eigenvalue weighted by atomic mass is 32.2. The number of likely N-dealkylation sites (N-methyl/N-ethyl adjacent to an activating group) is 1. The van der Waals surface area contributed by atoms with Crippen LogP contribution >= 0.6 is 11.8 Å². The summed E-state index contributed by atoms with van der Waals surface area (Å²) in [6, 6.07) is 17.1. The van der Waals surface area contributed by atoms with Crippen molar-refractivity contribution in [2.75, 3.05) is 12.3 Å². The minimum absolute atomic E-state index is 0.463. The summed E-state index contributed by atoms with van der Waals surface area (Å²) in [6.45, 7) is 3.14. The number of hydrogen-bond acceptors (Lipinski definition) is 3. The Morgan fingerprint density at radius 2 is 1.89 bits per heavy atom. The van der Waals surface area contributed by atoms with E-state index in [1.54, 1.807) is 0 Å². The summed E-state index contributed by atoms with van der Waals surface area (Å²) in [5.41, 5.74) is 1.15. The lowest BCUT2D eigenvalue weighted by atomic mass is 10.1. The van der Waals surface area contributed by atoms with E-state index >= 15 is 0 Å². The van der Waals surface area contributed by atoms with Crippen LogP contribution < -0.4 is 5.32 Å². The highest BCUT2D eigenvalue weighted by Gasteiger charge is 2.09. The number of thioether (sulfide) groups is 1. The number of benzene rings is 1. The molecule has 1 aromatic carbocycles. The average molecular weight is 272 g/mol. The molecule has 0 aliphatic carbocycles. The van der Waals surface area contributed by atoms with Crippen LogP contribution in [0.4, 0.5) is 0 Å². The second-order valence-electron chi connectivity index (χ2n) is 4.40. The first-order valence-corrected chi connectivity index (χ1v) is 7.68. The van der Waals surface area contributed by atoms with Gasteiger partial charge in [-0.15, -0.1) is 11.8 Å². The van der Waals surface area contributed by atoms with E-state index in [0.29, 0.717) is 6.04 Å². The van der Waals surface area contributed by atoms with Gasteiger partial charge in [0.05, 0.1) is 0 Å². The van der Waals surface area contributed by atoms with Gasteiger partial charge in [0.25, 0.3) is 0 Å².